The Bertz CT molecular complexity index is 342. The van der Waals surface area contributed by atoms with Gasteiger partial charge in [0, 0.05) is 23.4 Å². The van der Waals surface area contributed by atoms with Crippen LogP contribution in [0.25, 0.3) is 0 Å². The second-order valence-electron chi connectivity index (χ2n) is 5.05. The molecular formula is C15H27NO3S. The normalized spacial score (nSPS) is 11.4. The number of ether oxygens (including phenoxy) is 3. The molecule has 0 aliphatic carbocycles. The zero-order valence-corrected chi connectivity index (χ0v) is 13.6. The summed E-state index contributed by atoms with van der Waals surface area (Å²) in [6, 6.07) is 4.31. The fourth-order valence-electron chi connectivity index (χ4n) is 1.61. The summed E-state index contributed by atoms with van der Waals surface area (Å²) in [5.41, 5.74) is 0. The van der Waals surface area contributed by atoms with Gasteiger partial charge in [0.05, 0.1) is 33.0 Å². The van der Waals surface area contributed by atoms with Crippen LogP contribution in [0.5, 0.6) is 0 Å². The van der Waals surface area contributed by atoms with E-state index in [1.165, 1.54) is 9.75 Å². The molecule has 0 aromatic carbocycles. The molecule has 0 unspecified atom stereocenters. The van der Waals surface area contributed by atoms with Crippen molar-refractivity contribution in [1.29, 1.82) is 0 Å². The van der Waals surface area contributed by atoms with Gasteiger partial charge in [0.2, 0.25) is 0 Å². The summed E-state index contributed by atoms with van der Waals surface area (Å²) in [7, 11) is 1.67. The molecule has 0 spiro atoms. The van der Waals surface area contributed by atoms with Crippen LogP contribution in [0.2, 0.25) is 0 Å². The second kappa shape index (κ2) is 11.2. The first-order valence-electron chi connectivity index (χ1n) is 7.15. The van der Waals surface area contributed by atoms with Crippen LogP contribution in [-0.4, -0.2) is 40.1 Å². The maximum absolute atomic E-state index is 5.58. The van der Waals surface area contributed by atoms with E-state index in [4.69, 9.17) is 14.2 Å². The lowest BCUT2D eigenvalue weighted by atomic mass is 10.2. The molecule has 1 N–H and O–H groups in total. The van der Waals surface area contributed by atoms with Crippen molar-refractivity contribution in [3.8, 4) is 0 Å². The van der Waals surface area contributed by atoms with E-state index < -0.39 is 0 Å². The molecule has 0 aliphatic rings. The van der Waals surface area contributed by atoms with Crippen LogP contribution in [-0.2, 0) is 27.4 Å². The zero-order valence-electron chi connectivity index (χ0n) is 12.8. The highest BCUT2D eigenvalue weighted by molar-refractivity contribution is 7.11. The summed E-state index contributed by atoms with van der Waals surface area (Å²) in [5, 5.41) is 3.45. The van der Waals surface area contributed by atoms with Crippen LogP contribution in [0.1, 0.15) is 23.6 Å². The van der Waals surface area contributed by atoms with E-state index in [0.29, 0.717) is 39.0 Å². The van der Waals surface area contributed by atoms with Crippen molar-refractivity contribution in [1.82, 2.24) is 5.32 Å². The summed E-state index contributed by atoms with van der Waals surface area (Å²) in [4.78, 5) is 2.63. The van der Waals surface area contributed by atoms with Crippen molar-refractivity contribution in [2.24, 2.45) is 5.92 Å². The van der Waals surface area contributed by atoms with Gasteiger partial charge in [-0.2, -0.15) is 0 Å². The molecule has 0 radical (unpaired) electrons. The lowest BCUT2D eigenvalue weighted by Gasteiger charge is -2.05. The Balaban J connectivity index is 2.05. The van der Waals surface area contributed by atoms with Crippen LogP contribution in [0, 0.1) is 5.92 Å². The summed E-state index contributed by atoms with van der Waals surface area (Å²) in [6.07, 6.45) is 0. The van der Waals surface area contributed by atoms with Crippen molar-refractivity contribution in [2.45, 2.75) is 27.0 Å². The molecular weight excluding hydrogens is 274 g/mol. The number of hydrogen-bond acceptors (Lipinski definition) is 5. The van der Waals surface area contributed by atoms with Crippen molar-refractivity contribution < 1.29 is 14.2 Å². The van der Waals surface area contributed by atoms with E-state index in [9.17, 15) is 0 Å². The van der Waals surface area contributed by atoms with Crippen LogP contribution in [0.4, 0.5) is 0 Å². The van der Waals surface area contributed by atoms with Gasteiger partial charge in [-0.25, -0.2) is 0 Å². The van der Waals surface area contributed by atoms with Gasteiger partial charge in [0.15, 0.2) is 0 Å². The molecule has 1 rings (SSSR count). The minimum atomic E-state index is 0.623. The van der Waals surface area contributed by atoms with Gasteiger partial charge < -0.3 is 19.5 Å². The van der Waals surface area contributed by atoms with Gasteiger partial charge in [-0.1, -0.05) is 13.8 Å². The molecule has 1 heterocycles. The van der Waals surface area contributed by atoms with Crippen LogP contribution in [0.15, 0.2) is 12.1 Å². The summed E-state index contributed by atoms with van der Waals surface area (Å²) >= 11 is 1.81. The van der Waals surface area contributed by atoms with Gasteiger partial charge >= 0.3 is 0 Å². The number of hydrogen-bond donors (Lipinski definition) is 1. The largest absolute Gasteiger partial charge is 0.382 e. The van der Waals surface area contributed by atoms with E-state index in [1.54, 1.807) is 7.11 Å². The van der Waals surface area contributed by atoms with E-state index in [0.717, 1.165) is 13.1 Å². The Morgan fingerprint density at radius 2 is 1.75 bits per heavy atom. The molecule has 1 aromatic heterocycles. The Kier molecular flexibility index (Phi) is 9.87. The molecule has 0 fully saturated rings. The van der Waals surface area contributed by atoms with Crippen molar-refractivity contribution >= 4 is 11.3 Å². The molecule has 0 saturated heterocycles. The Labute approximate surface area is 126 Å². The molecule has 4 nitrogen and oxygen atoms in total. The molecule has 116 valence electrons. The van der Waals surface area contributed by atoms with Gasteiger partial charge in [-0.05, 0) is 24.6 Å². The highest BCUT2D eigenvalue weighted by Gasteiger charge is 2.01. The first-order valence-corrected chi connectivity index (χ1v) is 7.96. The summed E-state index contributed by atoms with van der Waals surface area (Å²) in [6.45, 7) is 9.63. The molecule has 0 aliphatic heterocycles. The first-order chi connectivity index (χ1) is 9.72. The van der Waals surface area contributed by atoms with Gasteiger partial charge in [0.25, 0.3) is 0 Å². The Hall–Kier alpha value is -0.460. The third-order valence-electron chi connectivity index (χ3n) is 2.62. The topological polar surface area (TPSA) is 39.7 Å². The highest BCUT2D eigenvalue weighted by Crippen LogP contribution is 2.17. The predicted octanol–water partition coefficient (Wildman–Crippen LogP) is 2.67. The molecule has 0 amide bonds. The van der Waals surface area contributed by atoms with Gasteiger partial charge in [-0.3, -0.25) is 0 Å². The fraction of sp³-hybridized carbons (Fsp3) is 0.733. The maximum atomic E-state index is 5.58. The lowest BCUT2D eigenvalue weighted by Crippen LogP contribution is -2.18. The molecule has 1 aromatic rings. The average molecular weight is 301 g/mol. The molecule has 5 heteroatoms. The Morgan fingerprint density at radius 3 is 2.50 bits per heavy atom. The standard InChI is InChI=1S/C15H27NO3S/c1-13(2)10-16-11-14-4-5-15(20-14)12-19-9-8-18-7-6-17-3/h4-5,13,16H,6-12H2,1-3H3. The summed E-state index contributed by atoms with van der Waals surface area (Å²) in [5.74, 6) is 0.691. The smallest absolute Gasteiger partial charge is 0.0810 e. The minimum Gasteiger partial charge on any atom is -0.382 e. The minimum absolute atomic E-state index is 0.623. The van der Waals surface area contributed by atoms with E-state index in [-0.39, 0.29) is 0 Å². The van der Waals surface area contributed by atoms with E-state index >= 15 is 0 Å². The first kappa shape index (κ1) is 17.6. The van der Waals surface area contributed by atoms with Gasteiger partial charge in [-0.15, -0.1) is 11.3 Å². The second-order valence-corrected chi connectivity index (χ2v) is 6.30. The van der Waals surface area contributed by atoms with Crippen LogP contribution >= 0.6 is 11.3 Å². The molecule has 0 bridgehead atoms. The SMILES string of the molecule is COCCOCCOCc1ccc(CNCC(C)C)s1. The Morgan fingerprint density at radius 1 is 1.05 bits per heavy atom. The van der Waals surface area contributed by atoms with Crippen LogP contribution in [0.3, 0.4) is 0 Å². The average Bonchev–Trinajstić information content (AvgIpc) is 2.85. The van der Waals surface area contributed by atoms with E-state index in [1.807, 2.05) is 11.3 Å². The molecule has 0 atom stereocenters. The summed E-state index contributed by atoms with van der Waals surface area (Å²) < 4.78 is 15.8. The predicted molar refractivity (Wildman–Crippen MR) is 83.2 cm³/mol. The quantitative estimate of drug-likeness (QED) is 0.603. The van der Waals surface area contributed by atoms with Crippen molar-refractivity contribution in [3.05, 3.63) is 21.9 Å². The number of methoxy groups -OCH3 is 1. The molecule has 20 heavy (non-hydrogen) atoms. The van der Waals surface area contributed by atoms with E-state index in [2.05, 4.69) is 31.3 Å². The van der Waals surface area contributed by atoms with Crippen molar-refractivity contribution in [2.75, 3.05) is 40.1 Å². The number of thiophene rings is 1. The lowest BCUT2D eigenvalue weighted by molar-refractivity contribution is 0.0205. The van der Waals surface area contributed by atoms with Crippen LogP contribution < -0.4 is 5.32 Å². The monoisotopic (exact) mass is 301 g/mol. The van der Waals surface area contributed by atoms with Gasteiger partial charge in [0.1, 0.15) is 0 Å². The maximum Gasteiger partial charge on any atom is 0.0810 e. The highest BCUT2D eigenvalue weighted by atomic mass is 32.1. The van der Waals surface area contributed by atoms with Crippen molar-refractivity contribution in [3.63, 3.8) is 0 Å². The third kappa shape index (κ3) is 8.66. The fourth-order valence-corrected chi connectivity index (χ4v) is 2.54. The zero-order chi connectivity index (χ0) is 14.6. The number of rotatable bonds is 12. The number of nitrogens with one attached hydrogen (secondary N) is 1. The third-order valence-corrected chi connectivity index (χ3v) is 3.68. The molecule has 0 saturated carbocycles.